The fourth-order valence-electron chi connectivity index (χ4n) is 2.25. The quantitative estimate of drug-likeness (QED) is 0.523. The number of ether oxygens (including phenoxy) is 2. The molecule has 26 heavy (non-hydrogen) atoms. The van der Waals surface area contributed by atoms with Gasteiger partial charge in [0, 0.05) is 18.9 Å². The van der Waals surface area contributed by atoms with Crippen molar-refractivity contribution in [1.29, 1.82) is 0 Å². The van der Waals surface area contributed by atoms with Crippen LogP contribution in [0, 0.1) is 5.92 Å². The Morgan fingerprint density at radius 2 is 1.88 bits per heavy atom. The number of amides is 2. The first kappa shape index (κ1) is 19.5. The van der Waals surface area contributed by atoms with E-state index in [2.05, 4.69) is 13.8 Å². The van der Waals surface area contributed by atoms with Crippen LogP contribution in [0.1, 0.15) is 38.7 Å². The number of methoxy groups -OCH3 is 1. The smallest absolute Gasteiger partial charge is 0.356 e. The van der Waals surface area contributed by atoms with Gasteiger partial charge in [-0.1, -0.05) is 19.9 Å². The molecule has 0 N–H and O–H groups in total. The molecule has 1 heterocycles. The third-order valence-corrected chi connectivity index (χ3v) is 3.74. The van der Waals surface area contributed by atoms with Crippen LogP contribution in [0.2, 0.25) is 0 Å². The number of carbonyl (C=O) groups excluding carboxylic acids is 3. The van der Waals surface area contributed by atoms with Crippen LogP contribution < -0.4 is 9.47 Å². The van der Waals surface area contributed by atoms with Crippen molar-refractivity contribution >= 4 is 23.9 Å². The summed E-state index contributed by atoms with van der Waals surface area (Å²) in [5.41, 5.74) is 0.689. The number of hydrogen-bond donors (Lipinski definition) is 0. The number of carbonyl (C=O) groups is 3. The minimum Gasteiger partial charge on any atom is -0.493 e. The molecule has 0 aliphatic carbocycles. The molecule has 0 bridgehead atoms. The lowest BCUT2D eigenvalue weighted by Crippen LogP contribution is -2.31. The molecule has 2 amide bonds. The topological polar surface area (TPSA) is 82.1 Å². The van der Waals surface area contributed by atoms with E-state index in [-0.39, 0.29) is 12.8 Å². The van der Waals surface area contributed by atoms with E-state index in [1.165, 1.54) is 13.2 Å². The summed E-state index contributed by atoms with van der Waals surface area (Å²) in [6, 6.07) is 5.25. The zero-order valence-corrected chi connectivity index (χ0v) is 15.2. The molecule has 0 radical (unpaired) electrons. The van der Waals surface area contributed by atoms with Gasteiger partial charge in [-0.05, 0) is 36.1 Å². The molecule has 140 valence electrons. The summed E-state index contributed by atoms with van der Waals surface area (Å²) in [5, 5.41) is 0.513. The third-order valence-electron chi connectivity index (χ3n) is 3.74. The lowest BCUT2D eigenvalue weighted by molar-refractivity contribution is -0.193. The van der Waals surface area contributed by atoms with Gasteiger partial charge in [-0.2, -0.15) is 0 Å². The first-order chi connectivity index (χ1) is 12.4. The van der Waals surface area contributed by atoms with Crippen molar-refractivity contribution in [3.63, 3.8) is 0 Å². The van der Waals surface area contributed by atoms with Crippen LogP contribution in [0.3, 0.4) is 0 Å². The van der Waals surface area contributed by atoms with Crippen molar-refractivity contribution in [3.05, 3.63) is 29.8 Å². The highest BCUT2D eigenvalue weighted by Crippen LogP contribution is 2.29. The molecule has 1 aliphatic rings. The van der Waals surface area contributed by atoms with Crippen molar-refractivity contribution < 1.29 is 28.7 Å². The van der Waals surface area contributed by atoms with Gasteiger partial charge >= 0.3 is 5.97 Å². The molecule has 1 saturated heterocycles. The summed E-state index contributed by atoms with van der Waals surface area (Å²) in [6.07, 6.45) is 3.71. The van der Waals surface area contributed by atoms with Crippen molar-refractivity contribution in [2.75, 3.05) is 13.7 Å². The van der Waals surface area contributed by atoms with E-state index in [1.807, 2.05) is 0 Å². The zero-order chi connectivity index (χ0) is 19.1. The fraction of sp³-hybridized carbons (Fsp3) is 0.421. The average Bonchev–Trinajstić information content (AvgIpc) is 2.92. The van der Waals surface area contributed by atoms with Crippen molar-refractivity contribution in [3.8, 4) is 11.5 Å². The number of nitrogens with zero attached hydrogens (tertiary/aromatic N) is 1. The summed E-state index contributed by atoms with van der Waals surface area (Å²) in [5.74, 6) is -0.105. The number of rotatable bonds is 8. The first-order valence-corrected chi connectivity index (χ1v) is 8.47. The van der Waals surface area contributed by atoms with E-state index in [1.54, 1.807) is 18.2 Å². The molecule has 7 heteroatoms. The molecule has 0 saturated carbocycles. The molecule has 2 rings (SSSR count). The highest BCUT2D eigenvalue weighted by molar-refractivity contribution is 6.02. The van der Waals surface area contributed by atoms with Crippen molar-refractivity contribution in [2.45, 2.75) is 33.1 Å². The molecular formula is C19H23NO6. The summed E-state index contributed by atoms with van der Waals surface area (Å²) >= 11 is 0. The van der Waals surface area contributed by atoms with E-state index in [4.69, 9.17) is 14.3 Å². The summed E-state index contributed by atoms with van der Waals surface area (Å²) in [6.45, 7) is 4.83. The van der Waals surface area contributed by atoms with Gasteiger partial charge in [0.05, 0.1) is 13.7 Å². The molecule has 0 unspecified atom stereocenters. The summed E-state index contributed by atoms with van der Waals surface area (Å²) in [7, 11) is 1.54. The number of benzene rings is 1. The molecular weight excluding hydrogens is 338 g/mol. The standard InChI is InChI=1S/C19H23NO6/c1-13(2)10-11-25-15-6-4-14(12-16(15)24-3)5-9-19(23)26-20-17(21)7-8-18(20)22/h4-6,9,12-13H,7-8,10-11H2,1-3H3/b9-5+. The van der Waals surface area contributed by atoms with Gasteiger partial charge in [0.1, 0.15) is 0 Å². The Kier molecular flexibility index (Phi) is 6.77. The average molecular weight is 361 g/mol. The van der Waals surface area contributed by atoms with Gasteiger partial charge in [-0.3, -0.25) is 9.59 Å². The second-order valence-corrected chi connectivity index (χ2v) is 6.27. The monoisotopic (exact) mass is 361 g/mol. The Morgan fingerprint density at radius 3 is 2.50 bits per heavy atom. The second kappa shape index (κ2) is 9.03. The van der Waals surface area contributed by atoms with Crippen molar-refractivity contribution in [1.82, 2.24) is 5.06 Å². The lowest BCUT2D eigenvalue weighted by Gasteiger charge is -2.12. The van der Waals surface area contributed by atoms with Crippen LogP contribution in [0.25, 0.3) is 6.08 Å². The van der Waals surface area contributed by atoms with Crippen LogP contribution in [-0.2, 0) is 19.2 Å². The largest absolute Gasteiger partial charge is 0.493 e. The predicted molar refractivity (Wildman–Crippen MR) is 94.2 cm³/mol. The maximum Gasteiger partial charge on any atom is 0.356 e. The Hall–Kier alpha value is -2.83. The van der Waals surface area contributed by atoms with Gasteiger partial charge in [-0.25, -0.2) is 4.79 Å². The maximum absolute atomic E-state index is 11.8. The molecule has 1 aromatic carbocycles. The number of hydroxylamine groups is 2. The summed E-state index contributed by atoms with van der Waals surface area (Å²) < 4.78 is 11.0. The predicted octanol–water partition coefficient (Wildman–Crippen LogP) is 2.74. The Bertz CT molecular complexity index is 694. The highest BCUT2D eigenvalue weighted by atomic mass is 16.7. The molecule has 1 aliphatic heterocycles. The molecule has 0 spiro atoms. The zero-order valence-electron chi connectivity index (χ0n) is 15.2. The fourth-order valence-corrected chi connectivity index (χ4v) is 2.25. The van der Waals surface area contributed by atoms with E-state index in [0.717, 1.165) is 12.5 Å². The minimum atomic E-state index is -0.801. The number of imide groups is 1. The van der Waals surface area contributed by atoms with E-state index in [0.29, 0.717) is 34.7 Å². The Balaban J connectivity index is 1.97. The van der Waals surface area contributed by atoms with Crippen LogP contribution in [-0.4, -0.2) is 36.6 Å². The SMILES string of the molecule is COc1cc(/C=C/C(=O)ON2C(=O)CCC2=O)ccc1OCCC(C)C. The van der Waals surface area contributed by atoms with E-state index >= 15 is 0 Å². The van der Waals surface area contributed by atoms with Gasteiger partial charge in [0.15, 0.2) is 11.5 Å². The van der Waals surface area contributed by atoms with Crippen molar-refractivity contribution in [2.24, 2.45) is 5.92 Å². The number of hydrogen-bond acceptors (Lipinski definition) is 6. The minimum absolute atomic E-state index is 0.0608. The summed E-state index contributed by atoms with van der Waals surface area (Å²) in [4.78, 5) is 39.4. The molecule has 1 fully saturated rings. The highest BCUT2D eigenvalue weighted by Gasteiger charge is 2.32. The first-order valence-electron chi connectivity index (χ1n) is 8.47. The van der Waals surface area contributed by atoms with Crippen LogP contribution in [0.4, 0.5) is 0 Å². The molecule has 7 nitrogen and oxygen atoms in total. The molecule has 1 aromatic rings. The van der Waals surface area contributed by atoms with Crippen LogP contribution >= 0.6 is 0 Å². The second-order valence-electron chi connectivity index (χ2n) is 6.27. The lowest BCUT2D eigenvalue weighted by atomic mass is 10.1. The molecule has 0 aromatic heterocycles. The van der Waals surface area contributed by atoms with E-state index in [9.17, 15) is 14.4 Å². The van der Waals surface area contributed by atoms with Gasteiger partial charge in [-0.15, -0.1) is 5.06 Å². The van der Waals surface area contributed by atoms with Gasteiger partial charge in [0.2, 0.25) is 0 Å². The normalized spacial score (nSPS) is 14.4. The maximum atomic E-state index is 11.8. The van der Waals surface area contributed by atoms with Crippen LogP contribution in [0.15, 0.2) is 24.3 Å². The Morgan fingerprint density at radius 1 is 1.19 bits per heavy atom. The van der Waals surface area contributed by atoms with Crippen LogP contribution in [0.5, 0.6) is 11.5 Å². The third kappa shape index (κ3) is 5.34. The van der Waals surface area contributed by atoms with Gasteiger partial charge < -0.3 is 14.3 Å². The molecule has 0 atom stereocenters. The van der Waals surface area contributed by atoms with E-state index < -0.39 is 17.8 Å². The Labute approximate surface area is 152 Å². The van der Waals surface area contributed by atoms with Gasteiger partial charge in [0.25, 0.3) is 11.8 Å².